The average molecular weight is 310 g/mol. The molecule has 3 nitrogen and oxygen atoms in total. The molecule has 2 saturated heterocycles. The standard InChI is InChI=1S/C20H22O3/c1-13-7-3-5-9-15(13)19(17-11-21-17)23-20(18-12-22-18)16-10-6-4-8-14(16)2/h3-10,17-20H,11-12H2,1-2H3/t17?,18?,19-,20-/m0/s1. The van der Waals surface area contributed by atoms with Crippen LogP contribution in [0.15, 0.2) is 48.5 Å². The molecular weight excluding hydrogens is 288 g/mol. The molecule has 2 unspecified atom stereocenters. The quantitative estimate of drug-likeness (QED) is 0.759. The van der Waals surface area contributed by atoms with Gasteiger partial charge >= 0.3 is 0 Å². The van der Waals surface area contributed by atoms with Crippen LogP contribution >= 0.6 is 0 Å². The van der Waals surface area contributed by atoms with E-state index in [0.717, 1.165) is 13.2 Å². The summed E-state index contributed by atoms with van der Waals surface area (Å²) in [5.41, 5.74) is 4.92. The highest BCUT2D eigenvalue weighted by Gasteiger charge is 2.42. The lowest BCUT2D eigenvalue weighted by molar-refractivity contribution is -0.0424. The third-order valence-electron chi connectivity index (χ3n) is 4.68. The third kappa shape index (κ3) is 3.18. The molecule has 0 aliphatic carbocycles. The summed E-state index contributed by atoms with van der Waals surface area (Å²) in [7, 11) is 0. The molecule has 23 heavy (non-hydrogen) atoms. The Kier molecular flexibility index (Phi) is 3.93. The Morgan fingerprint density at radius 1 is 0.783 bits per heavy atom. The highest BCUT2D eigenvalue weighted by Crippen LogP contribution is 2.41. The second-order valence-corrected chi connectivity index (χ2v) is 6.43. The zero-order valence-corrected chi connectivity index (χ0v) is 13.6. The van der Waals surface area contributed by atoms with Crippen LogP contribution in [0.2, 0.25) is 0 Å². The van der Waals surface area contributed by atoms with Gasteiger partial charge < -0.3 is 14.2 Å². The summed E-state index contributed by atoms with van der Waals surface area (Å²) in [5, 5.41) is 0. The van der Waals surface area contributed by atoms with Gasteiger partial charge in [0.2, 0.25) is 0 Å². The molecule has 0 bridgehead atoms. The van der Waals surface area contributed by atoms with Crippen LogP contribution in [-0.2, 0) is 14.2 Å². The normalized spacial score (nSPS) is 25.0. The maximum Gasteiger partial charge on any atom is 0.112 e. The monoisotopic (exact) mass is 310 g/mol. The van der Waals surface area contributed by atoms with Crippen LogP contribution in [0.3, 0.4) is 0 Å². The Morgan fingerprint density at radius 2 is 1.17 bits per heavy atom. The van der Waals surface area contributed by atoms with Gasteiger partial charge in [-0.1, -0.05) is 48.5 Å². The van der Waals surface area contributed by atoms with Crippen molar-refractivity contribution in [2.24, 2.45) is 0 Å². The van der Waals surface area contributed by atoms with E-state index in [9.17, 15) is 0 Å². The first-order chi connectivity index (χ1) is 11.2. The molecule has 2 fully saturated rings. The summed E-state index contributed by atoms with van der Waals surface area (Å²) in [6, 6.07) is 16.8. The summed E-state index contributed by atoms with van der Waals surface area (Å²) >= 11 is 0. The summed E-state index contributed by atoms with van der Waals surface area (Å²) in [4.78, 5) is 0. The van der Waals surface area contributed by atoms with Crippen molar-refractivity contribution in [2.45, 2.75) is 38.3 Å². The predicted molar refractivity (Wildman–Crippen MR) is 88.4 cm³/mol. The van der Waals surface area contributed by atoms with Crippen molar-refractivity contribution in [3.63, 3.8) is 0 Å². The summed E-state index contributed by atoms with van der Waals surface area (Å²) < 4.78 is 17.7. The van der Waals surface area contributed by atoms with E-state index in [2.05, 4.69) is 62.4 Å². The number of ether oxygens (including phenoxy) is 3. The molecule has 2 heterocycles. The van der Waals surface area contributed by atoms with E-state index in [1.54, 1.807) is 0 Å². The van der Waals surface area contributed by atoms with E-state index in [-0.39, 0.29) is 24.4 Å². The average Bonchev–Trinajstić information content (AvgIpc) is 3.44. The molecule has 2 aromatic carbocycles. The van der Waals surface area contributed by atoms with Gasteiger partial charge in [0.05, 0.1) is 13.2 Å². The van der Waals surface area contributed by atoms with Crippen molar-refractivity contribution in [3.05, 3.63) is 70.8 Å². The third-order valence-corrected chi connectivity index (χ3v) is 4.68. The van der Waals surface area contributed by atoms with Gasteiger partial charge in [-0.05, 0) is 36.1 Å². The van der Waals surface area contributed by atoms with E-state index < -0.39 is 0 Å². The topological polar surface area (TPSA) is 34.3 Å². The van der Waals surface area contributed by atoms with E-state index in [1.165, 1.54) is 22.3 Å². The predicted octanol–water partition coefficient (Wildman–Crippen LogP) is 3.90. The molecular formula is C20H22O3. The Bertz CT molecular complexity index is 629. The van der Waals surface area contributed by atoms with Crippen molar-refractivity contribution < 1.29 is 14.2 Å². The van der Waals surface area contributed by atoms with Crippen molar-refractivity contribution in [3.8, 4) is 0 Å². The van der Waals surface area contributed by atoms with Crippen LogP contribution in [0.5, 0.6) is 0 Å². The smallest absolute Gasteiger partial charge is 0.112 e. The zero-order valence-electron chi connectivity index (χ0n) is 13.6. The zero-order chi connectivity index (χ0) is 15.8. The summed E-state index contributed by atoms with van der Waals surface area (Å²) in [6.07, 6.45) is 0.234. The maximum atomic E-state index is 6.58. The summed E-state index contributed by atoms with van der Waals surface area (Å²) in [5.74, 6) is 0. The molecule has 0 amide bonds. The number of hydrogen-bond donors (Lipinski definition) is 0. The Morgan fingerprint density at radius 3 is 1.52 bits per heavy atom. The molecule has 4 rings (SSSR count). The van der Waals surface area contributed by atoms with Gasteiger partial charge in [-0.15, -0.1) is 0 Å². The molecule has 2 aromatic rings. The molecule has 0 radical (unpaired) electrons. The second kappa shape index (κ2) is 6.08. The van der Waals surface area contributed by atoms with Crippen LogP contribution in [0.25, 0.3) is 0 Å². The molecule has 0 N–H and O–H groups in total. The minimum absolute atomic E-state index is 0.0370. The lowest BCUT2D eigenvalue weighted by Crippen LogP contribution is -2.20. The van der Waals surface area contributed by atoms with Gasteiger partial charge in [-0.2, -0.15) is 0 Å². The minimum Gasteiger partial charge on any atom is -0.370 e. The molecule has 2 aliphatic heterocycles. The first-order valence-corrected chi connectivity index (χ1v) is 8.24. The van der Waals surface area contributed by atoms with Crippen LogP contribution < -0.4 is 0 Å². The lowest BCUT2D eigenvalue weighted by Gasteiger charge is -2.25. The fourth-order valence-electron chi connectivity index (χ4n) is 3.15. The van der Waals surface area contributed by atoms with Crippen LogP contribution in [0.1, 0.15) is 34.5 Å². The Hall–Kier alpha value is -1.68. The number of benzene rings is 2. The molecule has 0 aromatic heterocycles. The number of aryl methyl sites for hydroxylation is 2. The molecule has 0 saturated carbocycles. The van der Waals surface area contributed by atoms with Crippen LogP contribution in [0.4, 0.5) is 0 Å². The lowest BCUT2D eigenvalue weighted by atomic mass is 9.98. The van der Waals surface area contributed by atoms with E-state index >= 15 is 0 Å². The van der Waals surface area contributed by atoms with Crippen molar-refractivity contribution >= 4 is 0 Å². The van der Waals surface area contributed by atoms with E-state index in [4.69, 9.17) is 14.2 Å². The fraction of sp³-hybridized carbons (Fsp3) is 0.400. The fourth-order valence-corrected chi connectivity index (χ4v) is 3.15. The van der Waals surface area contributed by atoms with Gasteiger partial charge in [0, 0.05) is 0 Å². The van der Waals surface area contributed by atoms with Crippen molar-refractivity contribution in [1.82, 2.24) is 0 Å². The van der Waals surface area contributed by atoms with Crippen LogP contribution in [-0.4, -0.2) is 25.4 Å². The Labute approximate surface area is 137 Å². The van der Waals surface area contributed by atoms with Gasteiger partial charge in [-0.3, -0.25) is 0 Å². The van der Waals surface area contributed by atoms with Crippen LogP contribution in [0, 0.1) is 13.8 Å². The minimum atomic E-state index is -0.0370. The molecule has 4 atom stereocenters. The SMILES string of the molecule is Cc1ccccc1[C@H](O[C@@H](c1ccccc1C)C1CO1)C1CO1. The Balaban J connectivity index is 1.65. The molecule has 120 valence electrons. The summed E-state index contributed by atoms with van der Waals surface area (Å²) in [6.45, 7) is 5.80. The van der Waals surface area contributed by atoms with Gasteiger partial charge in [0.1, 0.15) is 24.4 Å². The van der Waals surface area contributed by atoms with E-state index in [0.29, 0.717) is 0 Å². The highest BCUT2D eigenvalue weighted by molar-refractivity contribution is 5.32. The van der Waals surface area contributed by atoms with Gasteiger partial charge in [-0.25, -0.2) is 0 Å². The van der Waals surface area contributed by atoms with Crippen molar-refractivity contribution in [2.75, 3.05) is 13.2 Å². The maximum absolute atomic E-state index is 6.58. The van der Waals surface area contributed by atoms with E-state index in [1.807, 2.05) is 0 Å². The first-order valence-electron chi connectivity index (χ1n) is 8.24. The molecule has 2 aliphatic rings. The molecule has 3 heteroatoms. The number of rotatable bonds is 6. The molecule has 0 spiro atoms. The number of hydrogen-bond acceptors (Lipinski definition) is 3. The van der Waals surface area contributed by atoms with Crippen molar-refractivity contribution in [1.29, 1.82) is 0 Å². The number of epoxide rings is 2. The second-order valence-electron chi connectivity index (χ2n) is 6.43. The highest BCUT2D eigenvalue weighted by atomic mass is 16.6. The largest absolute Gasteiger partial charge is 0.370 e. The van der Waals surface area contributed by atoms with Gasteiger partial charge in [0.25, 0.3) is 0 Å². The van der Waals surface area contributed by atoms with Gasteiger partial charge in [0.15, 0.2) is 0 Å². The first kappa shape index (κ1) is 14.9.